The second kappa shape index (κ2) is 6.66. The van der Waals surface area contributed by atoms with E-state index in [4.69, 9.17) is 0 Å². The van der Waals surface area contributed by atoms with Gasteiger partial charge in [-0.05, 0) is 49.6 Å². The average molecular weight is 356 g/mol. The molecule has 0 aliphatic heterocycles. The van der Waals surface area contributed by atoms with E-state index in [9.17, 15) is 0 Å². The first-order valence-corrected chi connectivity index (χ1v) is 9.52. The van der Waals surface area contributed by atoms with Gasteiger partial charge in [-0.3, -0.25) is 4.98 Å². The predicted octanol–water partition coefficient (Wildman–Crippen LogP) is 5.26. The molecule has 0 aliphatic carbocycles. The Hall–Kier alpha value is -2.94. The van der Waals surface area contributed by atoms with Gasteiger partial charge in [0.05, 0.1) is 18.3 Å². The lowest BCUT2D eigenvalue weighted by atomic mass is 10.0. The van der Waals surface area contributed by atoms with Crippen molar-refractivity contribution in [3.05, 3.63) is 77.6 Å². The minimum Gasteiger partial charge on any atom is -0.261 e. The molecule has 4 rings (SSSR count). The van der Waals surface area contributed by atoms with Gasteiger partial charge >= 0.3 is 0 Å². The van der Waals surface area contributed by atoms with E-state index in [1.165, 1.54) is 39.2 Å². The Bertz CT molecular complexity index is 1120. The van der Waals surface area contributed by atoms with Gasteiger partial charge in [0, 0.05) is 11.8 Å². The zero-order valence-corrected chi connectivity index (χ0v) is 16.7. The van der Waals surface area contributed by atoms with Crippen LogP contribution in [0.4, 0.5) is 0 Å². The Balaban J connectivity index is 2.19. The van der Waals surface area contributed by atoms with Crippen molar-refractivity contribution in [2.45, 2.75) is 33.6 Å². The third kappa shape index (κ3) is 2.74. The number of nitrogens with zero attached hydrogens (tertiary/aromatic N) is 3. The van der Waals surface area contributed by atoms with Crippen molar-refractivity contribution in [1.29, 1.82) is 0 Å². The lowest BCUT2D eigenvalue weighted by Gasteiger charge is -2.13. The van der Waals surface area contributed by atoms with E-state index in [2.05, 4.69) is 103 Å². The van der Waals surface area contributed by atoms with Crippen LogP contribution >= 0.6 is 0 Å². The van der Waals surface area contributed by atoms with E-state index in [1.54, 1.807) is 0 Å². The van der Waals surface area contributed by atoms with E-state index in [-0.39, 0.29) is 0 Å². The summed E-state index contributed by atoms with van der Waals surface area (Å²) in [5.74, 6) is 1.61. The standard InChI is InChI=1S/C24H26N3/c1-16(2)19-10-6-7-11-20(19)27-22-13-9-8-12-21(22)26(5)24(27)23-17(3)14-15-25-18(23)4/h6-16H,1-5H3/q+1. The average Bonchev–Trinajstić information content (AvgIpc) is 2.94. The molecule has 2 heterocycles. The number of pyridine rings is 1. The zero-order valence-electron chi connectivity index (χ0n) is 16.7. The first-order chi connectivity index (χ1) is 13.0. The SMILES string of the molecule is Cc1ccnc(C)c1-c1n(-c2ccccc2C(C)C)c2ccccc2[n+]1C. The van der Waals surface area contributed by atoms with Gasteiger partial charge in [0.25, 0.3) is 5.82 Å². The molecule has 27 heavy (non-hydrogen) atoms. The molecule has 3 heteroatoms. The van der Waals surface area contributed by atoms with Crippen LogP contribution < -0.4 is 4.57 Å². The quantitative estimate of drug-likeness (QED) is 0.459. The lowest BCUT2D eigenvalue weighted by Crippen LogP contribution is -2.31. The van der Waals surface area contributed by atoms with Gasteiger partial charge in [-0.15, -0.1) is 0 Å². The fourth-order valence-electron chi connectivity index (χ4n) is 4.05. The topological polar surface area (TPSA) is 21.7 Å². The minimum absolute atomic E-state index is 0.441. The van der Waals surface area contributed by atoms with Crippen LogP contribution in [0.15, 0.2) is 60.8 Å². The van der Waals surface area contributed by atoms with Gasteiger partial charge in [-0.2, -0.15) is 4.57 Å². The van der Waals surface area contributed by atoms with E-state index >= 15 is 0 Å². The Morgan fingerprint density at radius 3 is 2.37 bits per heavy atom. The number of aryl methyl sites for hydroxylation is 3. The van der Waals surface area contributed by atoms with Crippen LogP contribution in [0.5, 0.6) is 0 Å². The highest BCUT2D eigenvalue weighted by atomic mass is 15.2. The maximum Gasteiger partial charge on any atom is 0.296 e. The number of imidazole rings is 1. The number of hydrogen-bond donors (Lipinski definition) is 0. The van der Waals surface area contributed by atoms with Crippen LogP contribution in [0, 0.1) is 13.8 Å². The van der Waals surface area contributed by atoms with Gasteiger partial charge in [0.15, 0.2) is 11.0 Å². The molecule has 0 fully saturated rings. The molecule has 4 aromatic rings. The van der Waals surface area contributed by atoms with Crippen LogP contribution in [0.3, 0.4) is 0 Å². The molecule has 0 unspecified atom stereocenters. The first-order valence-electron chi connectivity index (χ1n) is 9.52. The largest absolute Gasteiger partial charge is 0.296 e. The highest BCUT2D eigenvalue weighted by Crippen LogP contribution is 2.33. The van der Waals surface area contributed by atoms with Crippen LogP contribution in [-0.4, -0.2) is 9.55 Å². The van der Waals surface area contributed by atoms with Gasteiger partial charge in [0.2, 0.25) is 0 Å². The monoisotopic (exact) mass is 356 g/mol. The predicted molar refractivity (Wildman–Crippen MR) is 111 cm³/mol. The maximum atomic E-state index is 4.59. The minimum atomic E-state index is 0.441. The Kier molecular flexibility index (Phi) is 4.31. The van der Waals surface area contributed by atoms with Crippen LogP contribution in [0.1, 0.15) is 36.6 Å². The number of rotatable bonds is 3. The van der Waals surface area contributed by atoms with Gasteiger partial charge in [-0.1, -0.05) is 44.2 Å². The number of para-hydroxylation sites is 3. The molecule has 0 bridgehead atoms. The zero-order chi connectivity index (χ0) is 19.1. The van der Waals surface area contributed by atoms with Crippen molar-refractivity contribution in [2.24, 2.45) is 7.05 Å². The van der Waals surface area contributed by atoms with Crippen LogP contribution in [-0.2, 0) is 7.05 Å². The second-order valence-corrected chi connectivity index (χ2v) is 7.51. The van der Waals surface area contributed by atoms with E-state index in [1.807, 2.05) is 6.20 Å². The molecule has 136 valence electrons. The number of fused-ring (bicyclic) bond motifs is 1. The molecule has 0 saturated heterocycles. The maximum absolute atomic E-state index is 4.59. The first kappa shape index (κ1) is 17.5. The van der Waals surface area contributed by atoms with Crippen molar-refractivity contribution in [2.75, 3.05) is 0 Å². The van der Waals surface area contributed by atoms with E-state index in [0.717, 1.165) is 5.69 Å². The molecular formula is C24H26N3+. The van der Waals surface area contributed by atoms with Crippen molar-refractivity contribution in [3.63, 3.8) is 0 Å². The lowest BCUT2D eigenvalue weighted by molar-refractivity contribution is -0.633. The molecule has 3 nitrogen and oxygen atoms in total. The Labute approximate surface area is 160 Å². The van der Waals surface area contributed by atoms with E-state index in [0.29, 0.717) is 5.92 Å². The summed E-state index contributed by atoms with van der Waals surface area (Å²) >= 11 is 0. The smallest absolute Gasteiger partial charge is 0.261 e. The molecule has 0 saturated carbocycles. The van der Waals surface area contributed by atoms with Gasteiger partial charge in [-0.25, -0.2) is 4.57 Å². The molecule has 0 atom stereocenters. The van der Waals surface area contributed by atoms with Crippen molar-refractivity contribution in [3.8, 4) is 17.1 Å². The van der Waals surface area contributed by atoms with Crippen molar-refractivity contribution >= 4 is 11.0 Å². The highest BCUT2D eigenvalue weighted by Gasteiger charge is 2.29. The fourth-order valence-corrected chi connectivity index (χ4v) is 4.05. The summed E-state index contributed by atoms with van der Waals surface area (Å²) < 4.78 is 4.70. The molecule has 0 amide bonds. The summed E-state index contributed by atoms with van der Waals surface area (Å²) in [6.07, 6.45) is 1.89. The number of benzene rings is 2. The normalized spacial score (nSPS) is 11.5. The second-order valence-electron chi connectivity index (χ2n) is 7.51. The van der Waals surface area contributed by atoms with Crippen molar-refractivity contribution < 1.29 is 4.57 Å². The number of hydrogen-bond acceptors (Lipinski definition) is 1. The summed E-state index contributed by atoms with van der Waals surface area (Å²) in [5, 5.41) is 0. The third-order valence-electron chi connectivity index (χ3n) is 5.39. The third-order valence-corrected chi connectivity index (χ3v) is 5.39. The molecule has 0 aliphatic rings. The Morgan fingerprint density at radius 2 is 1.63 bits per heavy atom. The molecular weight excluding hydrogens is 330 g/mol. The molecule has 2 aromatic carbocycles. The summed E-state index contributed by atoms with van der Waals surface area (Å²) in [7, 11) is 2.15. The summed E-state index contributed by atoms with van der Waals surface area (Å²) in [4.78, 5) is 4.59. The fraction of sp³-hybridized carbons (Fsp3) is 0.250. The molecule has 0 N–H and O–H groups in total. The summed E-state index contributed by atoms with van der Waals surface area (Å²) in [5.41, 5.74) is 8.51. The molecule has 0 radical (unpaired) electrons. The summed E-state index contributed by atoms with van der Waals surface area (Å²) in [6.45, 7) is 8.77. The molecule has 0 spiro atoms. The Morgan fingerprint density at radius 1 is 0.926 bits per heavy atom. The molecule has 2 aromatic heterocycles. The van der Waals surface area contributed by atoms with Gasteiger partial charge < -0.3 is 0 Å². The van der Waals surface area contributed by atoms with Gasteiger partial charge in [0.1, 0.15) is 5.69 Å². The van der Waals surface area contributed by atoms with Crippen LogP contribution in [0.25, 0.3) is 28.1 Å². The highest BCUT2D eigenvalue weighted by molar-refractivity contribution is 5.80. The van der Waals surface area contributed by atoms with Crippen LogP contribution in [0.2, 0.25) is 0 Å². The van der Waals surface area contributed by atoms with E-state index < -0.39 is 0 Å². The van der Waals surface area contributed by atoms with Crippen molar-refractivity contribution in [1.82, 2.24) is 9.55 Å². The summed E-state index contributed by atoms with van der Waals surface area (Å²) in [6, 6.07) is 19.4. The number of aromatic nitrogens is 3.